The number of carbonyl (C=O) groups is 2. The molecule has 6 N–H and O–H groups in total. The summed E-state index contributed by atoms with van der Waals surface area (Å²) in [6.07, 6.45) is 16.8. The van der Waals surface area contributed by atoms with Gasteiger partial charge in [-0.1, -0.05) is 36.4 Å². The van der Waals surface area contributed by atoms with Crippen LogP contribution in [0.3, 0.4) is 0 Å². The van der Waals surface area contributed by atoms with Crippen molar-refractivity contribution in [2.45, 2.75) is 75.4 Å². The Morgan fingerprint density at radius 3 is 1.41 bits per heavy atom. The molecule has 0 spiro atoms. The summed E-state index contributed by atoms with van der Waals surface area (Å²) in [6, 6.07) is 23.1. The average molecular weight is 1010 g/mol. The second kappa shape index (κ2) is 25.7. The number of nitrogens with one attached hydrogen (secondary N) is 3. The molecule has 4 aromatic carbocycles. The van der Waals surface area contributed by atoms with E-state index in [-0.39, 0.29) is 23.5 Å². The van der Waals surface area contributed by atoms with Crippen molar-refractivity contribution in [3.05, 3.63) is 155 Å². The molecule has 2 aromatic heterocycles. The maximum Gasteiger partial charge on any atom is 0.328 e. The van der Waals surface area contributed by atoms with Gasteiger partial charge in [-0.3, -0.25) is 4.79 Å². The van der Waals surface area contributed by atoms with Gasteiger partial charge in [0, 0.05) is 84.7 Å². The van der Waals surface area contributed by atoms with E-state index in [1.54, 1.807) is 4.90 Å². The number of likely N-dealkylation sites (tertiary alicyclic amines) is 3. The molecule has 0 radical (unpaired) electrons. The Morgan fingerprint density at radius 2 is 0.973 bits per heavy atom. The van der Waals surface area contributed by atoms with Gasteiger partial charge in [-0.05, 0) is 185 Å². The van der Waals surface area contributed by atoms with Crippen molar-refractivity contribution in [2.24, 2.45) is 11.8 Å². The third-order valence-corrected chi connectivity index (χ3v) is 15.1. The Balaban J connectivity index is 0.000000164. The van der Waals surface area contributed by atoms with Crippen molar-refractivity contribution in [1.29, 1.82) is 0 Å². The normalized spacial score (nSPS) is 19.0. The second-order valence-corrected chi connectivity index (χ2v) is 20.0. The number of aliphatic hydroxyl groups is 2. The topological polar surface area (TPSA) is 148 Å². The first-order valence-corrected chi connectivity index (χ1v) is 25.8. The summed E-state index contributed by atoms with van der Waals surface area (Å²) in [6.45, 7) is 8.95. The number of hydrogen-bond donors (Lipinski definition) is 6. The second-order valence-electron chi connectivity index (χ2n) is 20.0. The Labute approximate surface area is 424 Å². The number of aromatic nitrogens is 2. The summed E-state index contributed by atoms with van der Waals surface area (Å²) in [7, 11) is 0. The zero-order valence-corrected chi connectivity index (χ0v) is 41.3. The number of nitrogens with zero attached hydrogens (tertiary/aromatic N) is 3. The van der Waals surface area contributed by atoms with Crippen LogP contribution in [0.25, 0.3) is 34.0 Å². The zero-order chi connectivity index (χ0) is 51.3. The van der Waals surface area contributed by atoms with Gasteiger partial charge in [0.15, 0.2) is 0 Å². The molecule has 6 aromatic rings. The number of H-pyrrole nitrogens is 2. The molecular weight excluding hydrogens is 937 g/mol. The Hall–Kier alpha value is -6.10. The molecule has 4 fully saturated rings. The Kier molecular flexibility index (Phi) is 18.7. The van der Waals surface area contributed by atoms with E-state index in [9.17, 15) is 37.4 Å². The van der Waals surface area contributed by atoms with Crippen LogP contribution in [0.15, 0.2) is 109 Å². The number of rotatable bonds is 12. The number of aromatic amines is 2. The van der Waals surface area contributed by atoms with Crippen molar-refractivity contribution in [2.75, 3.05) is 65.4 Å². The molecule has 6 heterocycles. The molecule has 2 unspecified atom stereocenters. The van der Waals surface area contributed by atoms with Gasteiger partial charge in [0.05, 0.1) is 12.2 Å². The Morgan fingerprint density at radius 1 is 0.562 bits per heavy atom. The number of aliphatic hydroxyl groups excluding tert-OH is 2. The van der Waals surface area contributed by atoms with Crippen molar-refractivity contribution in [3.63, 3.8) is 0 Å². The highest BCUT2D eigenvalue weighted by Gasteiger charge is 2.31. The standard InChI is InChI=1S/C29H33F2N3O2.C20H29N3O.C9H6F2O2/c30-23-15-20(16-24(31)17-23)5-6-29(36)34-13-9-22(10-14-34)28(35)19-33-11-7-21(8-12-33)26-18-32-27-4-2-1-3-25(26)27;24-20(16-5-9-21-10-6-16)14-23-11-7-15(8-12-23)18-13-22-19-4-2-1-3-17(18)19;10-7-3-6(1-2-9(12)13)4-8(11)5-7/h1-6,15-18,21-22,28,32,35H,7-14,19H2;1-4,13,15-16,20-22,24H,5-12,14H2;1-5H,(H,12,13)/b6-5+;;2-1+. The zero-order valence-electron chi connectivity index (χ0n) is 41.3. The maximum atomic E-state index is 13.3. The fourth-order valence-electron chi connectivity index (χ4n) is 11.1. The van der Waals surface area contributed by atoms with Crippen LogP contribution in [-0.2, 0) is 9.59 Å². The molecule has 4 saturated heterocycles. The van der Waals surface area contributed by atoms with Crippen LogP contribution in [0.5, 0.6) is 0 Å². The van der Waals surface area contributed by atoms with Crippen molar-refractivity contribution in [1.82, 2.24) is 30.0 Å². The highest BCUT2D eigenvalue weighted by molar-refractivity contribution is 5.92. The highest BCUT2D eigenvalue weighted by atomic mass is 19.1. The van der Waals surface area contributed by atoms with Crippen LogP contribution in [0.4, 0.5) is 17.6 Å². The van der Waals surface area contributed by atoms with Gasteiger partial charge in [0.25, 0.3) is 0 Å². The quantitative estimate of drug-likeness (QED) is 0.0525. The lowest BCUT2D eigenvalue weighted by Gasteiger charge is -2.37. The first kappa shape index (κ1) is 53.2. The van der Waals surface area contributed by atoms with Gasteiger partial charge >= 0.3 is 5.97 Å². The monoisotopic (exact) mass is 1000 g/mol. The lowest BCUT2D eigenvalue weighted by Crippen LogP contribution is -2.45. The number of piperidine rings is 4. The molecule has 15 heteroatoms. The van der Waals surface area contributed by atoms with Crippen LogP contribution in [0.2, 0.25) is 0 Å². The van der Waals surface area contributed by atoms with Crippen molar-refractivity contribution < 1.29 is 42.5 Å². The molecule has 4 aliphatic heterocycles. The summed E-state index contributed by atoms with van der Waals surface area (Å²) >= 11 is 0. The number of β-amino-alcohol motifs (C(OH)–C–C–N with tert-alkyl or cyclic N) is 2. The fraction of sp³-hybridized carbons (Fsp3) is 0.414. The SMILES string of the molecule is O=C(/C=C/c1cc(F)cc(F)c1)N1CCC(C(O)CN2CCC(c3c[nH]c4ccccc34)CC2)CC1.O=C(O)/C=C/c1cc(F)cc(F)c1.OC(CN1CCC(c2c[nH]c3ccccc23)CC1)C1CCNCC1. The van der Waals surface area contributed by atoms with Gasteiger partial charge in [-0.25, -0.2) is 22.4 Å². The van der Waals surface area contributed by atoms with Crippen molar-refractivity contribution in [3.8, 4) is 0 Å². The smallest absolute Gasteiger partial charge is 0.328 e. The molecule has 388 valence electrons. The van der Waals surface area contributed by atoms with Gasteiger partial charge in [0.2, 0.25) is 5.91 Å². The van der Waals surface area contributed by atoms with E-state index >= 15 is 0 Å². The predicted molar refractivity (Wildman–Crippen MR) is 279 cm³/mol. The minimum absolute atomic E-state index is 0.156. The summed E-state index contributed by atoms with van der Waals surface area (Å²) in [5.74, 6) is -2.29. The first-order valence-electron chi connectivity index (χ1n) is 25.8. The van der Waals surface area contributed by atoms with Gasteiger partial charge in [0.1, 0.15) is 23.3 Å². The number of aliphatic carboxylic acids is 1. The van der Waals surface area contributed by atoms with Crippen LogP contribution < -0.4 is 5.32 Å². The van der Waals surface area contributed by atoms with E-state index in [0.717, 1.165) is 121 Å². The van der Waals surface area contributed by atoms with Gasteiger partial charge in [-0.15, -0.1) is 0 Å². The molecule has 0 bridgehead atoms. The molecular formula is C58H68F4N6O5. The largest absolute Gasteiger partial charge is 0.478 e. The summed E-state index contributed by atoms with van der Waals surface area (Å²) in [5, 5.41) is 35.8. The van der Waals surface area contributed by atoms with Gasteiger partial charge < -0.3 is 45.3 Å². The Bertz CT molecular complexity index is 2760. The number of amides is 1. The first-order chi connectivity index (χ1) is 35.3. The minimum Gasteiger partial charge on any atom is -0.478 e. The number of carbonyl (C=O) groups excluding carboxylic acids is 1. The lowest BCUT2D eigenvalue weighted by atomic mass is 9.87. The minimum atomic E-state index is -1.16. The lowest BCUT2D eigenvalue weighted by molar-refractivity contribution is -0.131. The molecule has 4 aliphatic rings. The fourth-order valence-corrected chi connectivity index (χ4v) is 11.1. The number of benzene rings is 4. The molecule has 2 atom stereocenters. The van der Waals surface area contributed by atoms with E-state index in [0.29, 0.717) is 43.0 Å². The molecule has 11 nitrogen and oxygen atoms in total. The number of para-hydroxylation sites is 2. The average Bonchev–Trinajstić information content (AvgIpc) is 4.03. The van der Waals surface area contributed by atoms with Gasteiger partial charge in [-0.2, -0.15) is 0 Å². The third kappa shape index (κ3) is 15.0. The predicted octanol–water partition coefficient (Wildman–Crippen LogP) is 9.71. The molecule has 73 heavy (non-hydrogen) atoms. The highest BCUT2D eigenvalue weighted by Crippen LogP contribution is 2.35. The molecule has 1 amide bonds. The number of carboxylic acid groups (broad SMARTS) is 1. The number of hydrogen-bond acceptors (Lipinski definition) is 7. The number of fused-ring (bicyclic) bond motifs is 2. The van der Waals surface area contributed by atoms with Crippen LogP contribution in [-0.4, -0.2) is 130 Å². The number of carboxylic acids is 1. The number of halogens is 4. The van der Waals surface area contributed by atoms with E-state index in [2.05, 4.69) is 86.0 Å². The van der Waals surface area contributed by atoms with Crippen molar-refractivity contribution >= 4 is 45.8 Å². The van der Waals surface area contributed by atoms with Crippen LogP contribution >= 0.6 is 0 Å². The molecule has 0 aliphatic carbocycles. The van der Waals surface area contributed by atoms with Crippen LogP contribution in [0.1, 0.15) is 85.5 Å². The van der Waals surface area contributed by atoms with Crippen LogP contribution in [0, 0.1) is 35.1 Å². The summed E-state index contributed by atoms with van der Waals surface area (Å²) in [4.78, 5) is 36.0. The summed E-state index contributed by atoms with van der Waals surface area (Å²) < 4.78 is 51.7. The molecule has 0 saturated carbocycles. The van der Waals surface area contributed by atoms with E-state index in [4.69, 9.17) is 5.11 Å². The maximum absolute atomic E-state index is 13.3. The third-order valence-electron chi connectivity index (χ3n) is 15.1. The van der Waals surface area contributed by atoms with E-state index in [1.807, 2.05) is 0 Å². The molecule has 10 rings (SSSR count). The van der Waals surface area contributed by atoms with E-state index in [1.165, 1.54) is 70.1 Å². The van der Waals surface area contributed by atoms with E-state index < -0.39 is 35.3 Å². The summed E-state index contributed by atoms with van der Waals surface area (Å²) in [5.41, 5.74) is 5.81.